The molecule has 15 nitrogen and oxygen atoms in total. The summed E-state index contributed by atoms with van der Waals surface area (Å²) in [5, 5.41) is 96.0. The number of carboxylic acid groups (broad SMARTS) is 2. The van der Waals surface area contributed by atoms with Gasteiger partial charge in [-0.1, -0.05) is 0 Å². The minimum absolute atomic E-state index is 0.0809. The fraction of sp³-hybridized carbons (Fsp3) is 0.692. The number of hydrogen-bond acceptors (Lipinski definition) is 13. The van der Waals surface area contributed by atoms with Gasteiger partial charge in [-0.2, -0.15) is 0 Å². The van der Waals surface area contributed by atoms with Crippen molar-refractivity contribution >= 4 is 24.5 Å². The molecule has 0 aliphatic carbocycles. The first-order valence-electron chi connectivity index (χ1n) is 7.23. The Bertz CT molecular complexity index is 510. The maximum Gasteiger partial charge on any atom is 0.335 e. The third-order valence-corrected chi connectivity index (χ3v) is 3.18. The Morgan fingerprint density at radius 3 is 1.00 bits per heavy atom. The number of aliphatic hydroxyl groups is 9. The number of aliphatic carboxylic acids is 2. The Kier molecular flexibility index (Phi) is 13.2. The summed E-state index contributed by atoms with van der Waals surface area (Å²) in [7, 11) is 0. The highest BCUT2D eigenvalue weighted by molar-refractivity contribution is 5.73. The van der Waals surface area contributed by atoms with Crippen LogP contribution < -0.4 is 0 Å². The molecular formula is C13H22O15. The Balaban J connectivity index is 0. The summed E-state index contributed by atoms with van der Waals surface area (Å²) in [6.45, 7) is 0. The van der Waals surface area contributed by atoms with Gasteiger partial charge >= 0.3 is 11.9 Å². The Morgan fingerprint density at radius 1 is 0.500 bits per heavy atom. The molecule has 28 heavy (non-hydrogen) atoms. The van der Waals surface area contributed by atoms with Crippen LogP contribution in [0.1, 0.15) is 0 Å². The van der Waals surface area contributed by atoms with Crippen molar-refractivity contribution in [2.75, 3.05) is 0 Å². The van der Waals surface area contributed by atoms with Crippen LogP contribution in [0.15, 0.2) is 0 Å². The highest BCUT2D eigenvalue weighted by Crippen LogP contribution is 2.08. The first-order chi connectivity index (χ1) is 12.7. The molecule has 0 radical (unpaired) electrons. The van der Waals surface area contributed by atoms with Gasteiger partial charge in [-0.3, -0.25) is 0 Å². The molecule has 0 saturated heterocycles. The van der Waals surface area contributed by atoms with Gasteiger partial charge in [0, 0.05) is 0 Å². The molecule has 11 N–H and O–H groups in total. The van der Waals surface area contributed by atoms with E-state index in [1.807, 2.05) is 0 Å². The number of hydrogen-bond donors (Lipinski definition) is 11. The van der Waals surface area contributed by atoms with E-state index in [1.54, 1.807) is 0 Å². The number of rotatable bonds is 11. The predicted molar refractivity (Wildman–Crippen MR) is 81.5 cm³/mol. The van der Waals surface area contributed by atoms with Crippen LogP contribution in [-0.4, -0.2) is 136 Å². The monoisotopic (exact) mass is 418 g/mol. The SMILES string of the molecule is O=C[C@H](O)[C@@H](O)[C@H](O)[C@H](O)C(=O)O.O=C[C@H](O)[C@@H](O)[C@H](O)[C@H](O)C(O)C(=O)O. The van der Waals surface area contributed by atoms with E-state index < -0.39 is 66.9 Å². The second kappa shape index (κ2) is 13.2. The zero-order chi connectivity index (χ0) is 22.8. The van der Waals surface area contributed by atoms with Gasteiger partial charge in [-0.05, 0) is 0 Å². The third-order valence-electron chi connectivity index (χ3n) is 3.18. The lowest BCUT2D eigenvalue weighted by molar-refractivity contribution is -0.168. The maximum absolute atomic E-state index is 10.2. The van der Waals surface area contributed by atoms with Gasteiger partial charge in [-0.25, -0.2) is 9.59 Å². The van der Waals surface area contributed by atoms with E-state index in [0.29, 0.717) is 0 Å². The molecular weight excluding hydrogens is 396 g/mol. The molecule has 0 aliphatic heterocycles. The lowest BCUT2D eigenvalue weighted by Gasteiger charge is -2.25. The van der Waals surface area contributed by atoms with E-state index in [0.717, 1.165) is 0 Å². The molecule has 0 bridgehead atoms. The van der Waals surface area contributed by atoms with E-state index in [-0.39, 0.29) is 12.6 Å². The molecule has 1 unspecified atom stereocenters. The van der Waals surface area contributed by atoms with E-state index in [4.69, 9.17) is 56.2 Å². The first-order valence-corrected chi connectivity index (χ1v) is 7.23. The van der Waals surface area contributed by atoms with Crippen molar-refractivity contribution in [1.82, 2.24) is 0 Å². The summed E-state index contributed by atoms with van der Waals surface area (Å²) in [6, 6.07) is 0. The lowest BCUT2D eigenvalue weighted by atomic mass is 10.00. The van der Waals surface area contributed by atoms with Crippen LogP contribution in [0.2, 0.25) is 0 Å². The van der Waals surface area contributed by atoms with E-state index in [1.165, 1.54) is 0 Å². The number of carbonyl (C=O) groups excluding carboxylic acids is 2. The van der Waals surface area contributed by atoms with Gasteiger partial charge in [0.05, 0.1) is 0 Å². The Labute approximate surface area is 156 Å². The molecule has 0 aromatic carbocycles. The van der Waals surface area contributed by atoms with E-state index >= 15 is 0 Å². The topological polar surface area (TPSA) is 291 Å². The molecule has 0 rings (SSSR count). The zero-order valence-corrected chi connectivity index (χ0v) is 13.9. The minimum Gasteiger partial charge on any atom is -0.479 e. The molecule has 0 spiro atoms. The Hall–Kier alpha value is -2.08. The number of carboxylic acids is 2. The average molecular weight is 418 g/mol. The fourth-order valence-electron chi connectivity index (χ4n) is 1.43. The van der Waals surface area contributed by atoms with Gasteiger partial charge in [0.2, 0.25) is 0 Å². The van der Waals surface area contributed by atoms with E-state index in [2.05, 4.69) is 0 Å². The Morgan fingerprint density at radius 2 is 0.750 bits per heavy atom. The molecule has 15 heteroatoms. The van der Waals surface area contributed by atoms with E-state index in [9.17, 15) is 19.2 Å². The van der Waals surface area contributed by atoms with Crippen LogP contribution in [0.25, 0.3) is 0 Å². The molecule has 0 aliphatic rings. The summed E-state index contributed by atoms with van der Waals surface area (Å²) < 4.78 is 0. The molecule has 0 aromatic heterocycles. The summed E-state index contributed by atoms with van der Waals surface area (Å²) in [5.74, 6) is -3.57. The number of aliphatic hydroxyl groups excluding tert-OH is 9. The van der Waals surface area contributed by atoms with Gasteiger partial charge < -0.3 is 65.8 Å². The molecule has 9 atom stereocenters. The van der Waals surface area contributed by atoms with Gasteiger partial charge in [0.15, 0.2) is 24.8 Å². The second-order valence-electron chi connectivity index (χ2n) is 5.27. The summed E-state index contributed by atoms with van der Waals surface area (Å²) >= 11 is 0. The summed E-state index contributed by atoms with van der Waals surface area (Å²) in [5.41, 5.74) is 0. The van der Waals surface area contributed by atoms with Crippen molar-refractivity contribution in [2.45, 2.75) is 54.9 Å². The smallest absolute Gasteiger partial charge is 0.335 e. The number of aldehydes is 2. The normalized spacial score (nSPS) is 20.6. The second-order valence-corrected chi connectivity index (χ2v) is 5.27. The van der Waals surface area contributed by atoms with Crippen molar-refractivity contribution in [3.63, 3.8) is 0 Å². The van der Waals surface area contributed by atoms with Crippen molar-refractivity contribution in [3.8, 4) is 0 Å². The fourth-order valence-corrected chi connectivity index (χ4v) is 1.43. The molecule has 0 heterocycles. The van der Waals surface area contributed by atoms with Crippen molar-refractivity contribution in [3.05, 3.63) is 0 Å². The minimum atomic E-state index is -2.33. The van der Waals surface area contributed by atoms with Gasteiger partial charge in [0.25, 0.3) is 0 Å². The molecule has 0 saturated carbocycles. The van der Waals surface area contributed by atoms with Crippen LogP contribution in [0.4, 0.5) is 0 Å². The van der Waals surface area contributed by atoms with Crippen molar-refractivity contribution in [2.24, 2.45) is 0 Å². The zero-order valence-electron chi connectivity index (χ0n) is 13.9. The summed E-state index contributed by atoms with van der Waals surface area (Å²) in [4.78, 5) is 40.1. The predicted octanol–water partition coefficient (Wildman–Crippen LogP) is -7.21. The largest absolute Gasteiger partial charge is 0.479 e. The van der Waals surface area contributed by atoms with Crippen molar-refractivity contribution in [1.29, 1.82) is 0 Å². The van der Waals surface area contributed by atoms with Crippen LogP contribution >= 0.6 is 0 Å². The van der Waals surface area contributed by atoms with Gasteiger partial charge in [-0.15, -0.1) is 0 Å². The molecule has 0 aromatic rings. The average Bonchev–Trinajstić information content (AvgIpc) is 2.68. The van der Waals surface area contributed by atoms with Crippen molar-refractivity contribution < 1.29 is 75.3 Å². The molecule has 0 fully saturated rings. The highest BCUT2D eigenvalue weighted by atomic mass is 16.4. The third kappa shape index (κ3) is 8.74. The first kappa shape index (κ1) is 28.1. The maximum atomic E-state index is 10.2. The highest BCUT2D eigenvalue weighted by Gasteiger charge is 2.37. The van der Waals surface area contributed by atoms with Crippen LogP contribution in [0.5, 0.6) is 0 Å². The van der Waals surface area contributed by atoms with Gasteiger partial charge in [0.1, 0.15) is 42.7 Å². The van der Waals surface area contributed by atoms with Crippen LogP contribution in [0.3, 0.4) is 0 Å². The standard InChI is InChI=1S/C7H12O8.C6H10O7/c8-1-2(9)3(10)4(11)5(12)6(13)7(14)15;7-1-2(8)3(9)4(10)5(11)6(12)13/h1-6,9-13H,(H,14,15);1-5,8-11H,(H,12,13)/t2-,3+,4-,5-,6?;2-,3+,4-,5-/m00/s1. The van der Waals surface area contributed by atoms with Crippen LogP contribution in [-0.2, 0) is 19.2 Å². The quantitative estimate of drug-likeness (QED) is 0.139. The number of carbonyl (C=O) groups is 4. The molecule has 0 amide bonds. The molecule has 164 valence electrons. The lowest BCUT2D eigenvalue weighted by Crippen LogP contribution is -2.51. The summed E-state index contributed by atoms with van der Waals surface area (Å²) in [6.07, 6.45) is -19.2. The van der Waals surface area contributed by atoms with Crippen LogP contribution in [0, 0.1) is 0 Å².